The molecule has 1 rings (SSSR count). The summed E-state index contributed by atoms with van der Waals surface area (Å²) in [6.07, 6.45) is 0. The summed E-state index contributed by atoms with van der Waals surface area (Å²) >= 11 is 3.44. The van der Waals surface area contributed by atoms with Gasteiger partial charge in [0.25, 0.3) is 0 Å². The van der Waals surface area contributed by atoms with E-state index < -0.39 is 0 Å². The zero-order valence-corrected chi connectivity index (χ0v) is 12.5. The molecule has 0 amide bonds. The average Bonchev–Trinajstić information content (AvgIpc) is 2.27. The van der Waals surface area contributed by atoms with Crippen molar-refractivity contribution in [2.45, 2.75) is 20.8 Å². The molecular weight excluding hydrogens is 278 g/mol. The molecule has 0 bridgehead atoms. The van der Waals surface area contributed by atoms with E-state index in [9.17, 15) is 0 Å². The van der Waals surface area contributed by atoms with Gasteiger partial charge in [-0.15, -0.1) is 0 Å². The molecule has 0 heterocycles. The van der Waals surface area contributed by atoms with Crippen LogP contribution < -0.4 is 4.74 Å². The molecule has 96 valence electrons. The van der Waals surface area contributed by atoms with Gasteiger partial charge < -0.3 is 4.74 Å². The third kappa shape index (κ3) is 6.08. The molecule has 17 heavy (non-hydrogen) atoms. The molecule has 0 unspecified atom stereocenters. The summed E-state index contributed by atoms with van der Waals surface area (Å²) in [6.45, 7) is 10.6. The summed E-state index contributed by atoms with van der Waals surface area (Å²) in [4.78, 5) is 2.42. The molecule has 3 heteroatoms. The Morgan fingerprint density at radius 3 is 2.71 bits per heavy atom. The molecule has 0 aliphatic rings. The molecule has 0 aromatic heterocycles. The predicted molar refractivity (Wildman–Crippen MR) is 76.6 cm³/mol. The number of ether oxygens (including phenoxy) is 1. The Kier molecular flexibility index (Phi) is 6.60. The number of likely N-dealkylation sites (N-methyl/N-ethyl adjacent to an activating group) is 1. The van der Waals surface area contributed by atoms with Gasteiger partial charge in [-0.3, -0.25) is 4.90 Å². The zero-order chi connectivity index (χ0) is 12.7. The number of halogens is 1. The topological polar surface area (TPSA) is 12.5 Å². The van der Waals surface area contributed by atoms with Crippen molar-refractivity contribution in [3.63, 3.8) is 0 Å². The Labute approximate surface area is 113 Å². The molecular formula is C14H22BrNO. The summed E-state index contributed by atoms with van der Waals surface area (Å²) < 4.78 is 6.79. The highest BCUT2D eigenvalue weighted by Gasteiger charge is 2.05. The maximum absolute atomic E-state index is 5.73. The third-order valence-electron chi connectivity index (χ3n) is 2.54. The molecule has 1 aromatic rings. The Hall–Kier alpha value is -0.540. The molecule has 0 spiro atoms. The normalized spacial score (nSPS) is 11.2. The van der Waals surface area contributed by atoms with Crippen molar-refractivity contribution in [2.24, 2.45) is 5.92 Å². The van der Waals surface area contributed by atoms with Crippen LogP contribution in [-0.2, 0) is 0 Å². The molecule has 1 aromatic carbocycles. The van der Waals surface area contributed by atoms with Gasteiger partial charge in [-0.25, -0.2) is 0 Å². The first kappa shape index (κ1) is 14.5. The van der Waals surface area contributed by atoms with Crippen molar-refractivity contribution in [1.29, 1.82) is 0 Å². The second-order valence-corrected chi connectivity index (χ2v) is 5.51. The maximum atomic E-state index is 5.73. The van der Waals surface area contributed by atoms with Gasteiger partial charge in [0.05, 0.1) is 0 Å². The lowest BCUT2D eigenvalue weighted by atomic mass is 10.2. The Morgan fingerprint density at radius 1 is 1.35 bits per heavy atom. The first-order valence-electron chi connectivity index (χ1n) is 6.22. The predicted octanol–water partition coefficient (Wildman–Crippen LogP) is 3.81. The summed E-state index contributed by atoms with van der Waals surface area (Å²) in [5.41, 5.74) is 0. The van der Waals surface area contributed by atoms with Gasteiger partial charge in [-0.2, -0.15) is 0 Å². The lowest BCUT2D eigenvalue weighted by molar-refractivity contribution is 0.200. The van der Waals surface area contributed by atoms with Crippen molar-refractivity contribution in [2.75, 3.05) is 26.2 Å². The molecule has 0 saturated heterocycles. The van der Waals surface area contributed by atoms with Gasteiger partial charge in [0.2, 0.25) is 0 Å². The Bertz CT molecular complexity index is 328. The van der Waals surface area contributed by atoms with Crippen LogP contribution in [0.3, 0.4) is 0 Å². The van der Waals surface area contributed by atoms with E-state index in [1.807, 2.05) is 24.3 Å². The van der Waals surface area contributed by atoms with Gasteiger partial charge in [-0.1, -0.05) is 42.8 Å². The van der Waals surface area contributed by atoms with E-state index in [-0.39, 0.29) is 0 Å². The Morgan fingerprint density at radius 2 is 2.12 bits per heavy atom. The zero-order valence-electron chi connectivity index (χ0n) is 10.9. The van der Waals surface area contributed by atoms with Crippen LogP contribution in [0.25, 0.3) is 0 Å². The van der Waals surface area contributed by atoms with Crippen LogP contribution in [0.5, 0.6) is 5.75 Å². The standard InChI is InChI=1S/C14H22BrNO/c1-4-16(11-12(2)3)8-9-17-14-7-5-6-13(15)10-14/h5-7,10,12H,4,8-9,11H2,1-3H3. The van der Waals surface area contributed by atoms with Crippen molar-refractivity contribution < 1.29 is 4.74 Å². The molecule has 0 aliphatic carbocycles. The van der Waals surface area contributed by atoms with Crippen molar-refractivity contribution in [1.82, 2.24) is 4.90 Å². The van der Waals surface area contributed by atoms with E-state index in [1.165, 1.54) is 0 Å². The van der Waals surface area contributed by atoms with Crippen LogP contribution in [0, 0.1) is 5.92 Å². The van der Waals surface area contributed by atoms with Crippen molar-refractivity contribution >= 4 is 15.9 Å². The molecule has 0 radical (unpaired) electrons. The summed E-state index contributed by atoms with van der Waals surface area (Å²) in [5.74, 6) is 1.64. The van der Waals surface area contributed by atoms with Crippen LogP contribution >= 0.6 is 15.9 Å². The van der Waals surface area contributed by atoms with Crippen LogP contribution in [-0.4, -0.2) is 31.1 Å². The Balaban J connectivity index is 2.31. The van der Waals surface area contributed by atoms with Gasteiger partial charge in [0.1, 0.15) is 12.4 Å². The van der Waals surface area contributed by atoms with Crippen molar-refractivity contribution in [3.8, 4) is 5.75 Å². The van der Waals surface area contributed by atoms with Gasteiger partial charge >= 0.3 is 0 Å². The highest BCUT2D eigenvalue weighted by molar-refractivity contribution is 9.10. The van der Waals surface area contributed by atoms with Crippen molar-refractivity contribution in [3.05, 3.63) is 28.7 Å². The summed E-state index contributed by atoms with van der Waals surface area (Å²) in [6, 6.07) is 7.98. The monoisotopic (exact) mass is 299 g/mol. The minimum Gasteiger partial charge on any atom is -0.492 e. The van der Waals surface area contributed by atoms with E-state index in [4.69, 9.17) is 4.74 Å². The SMILES string of the molecule is CCN(CCOc1cccc(Br)c1)CC(C)C. The molecule has 0 N–H and O–H groups in total. The highest BCUT2D eigenvalue weighted by atomic mass is 79.9. The van der Waals surface area contributed by atoms with Crippen LogP contribution in [0.15, 0.2) is 28.7 Å². The number of hydrogen-bond acceptors (Lipinski definition) is 2. The van der Waals surface area contributed by atoms with Crippen LogP contribution in [0.2, 0.25) is 0 Å². The average molecular weight is 300 g/mol. The van der Waals surface area contributed by atoms with Gasteiger partial charge in [-0.05, 0) is 30.7 Å². The molecule has 0 fully saturated rings. The number of hydrogen-bond donors (Lipinski definition) is 0. The molecule has 2 nitrogen and oxygen atoms in total. The van der Waals surface area contributed by atoms with E-state index >= 15 is 0 Å². The van der Waals surface area contributed by atoms with Gasteiger partial charge in [0, 0.05) is 17.6 Å². The number of nitrogens with zero attached hydrogens (tertiary/aromatic N) is 1. The fraction of sp³-hybridized carbons (Fsp3) is 0.571. The molecule has 0 aliphatic heterocycles. The van der Waals surface area contributed by atoms with Crippen LogP contribution in [0.4, 0.5) is 0 Å². The van der Waals surface area contributed by atoms with E-state index in [1.54, 1.807) is 0 Å². The summed E-state index contributed by atoms with van der Waals surface area (Å²) in [5, 5.41) is 0. The molecule has 0 atom stereocenters. The highest BCUT2D eigenvalue weighted by Crippen LogP contribution is 2.17. The second kappa shape index (κ2) is 7.72. The smallest absolute Gasteiger partial charge is 0.120 e. The number of rotatable bonds is 7. The first-order chi connectivity index (χ1) is 8.11. The van der Waals surface area contributed by atoms with E-state index in [2.05, 4.69) is 41.6 Å². The molecule has 0 saturated carbocycles. The fourth-order valence-electron chi connectivity index (χ4n) is 1.74. The van der Waals surface area contributed by atoms with Gasteiger partial charge in [0.15, 0.2) is 0 Å². The van der Waals surface area contributed by atoms with Crippen LogP contribution in [0.1, 0.15) is 20.8 Å². The maximum Gasteiger partial charge on any atom is 0.120 e. The summed E-state index contributed by atoms with van der Waals surface area (Å²) in [7, 11) is 0. The quantitative estimate of drug-likeness (QED) is 0.759. The first-order valence-corrected chi connectivity index (χ1v) is 7.01. The lowest BCUT2D eigenvalue weighted by Crippen LogP contribution is -2.31. The van der Waals surface area contributed by atoms with E-state index in [0.717, 1.165) is 36.5 Å². The number of benzene rings is 1. The minimum absolute atomic E-state index is 0.709. The lowest BCUT2D eigenvalue weighted by Gasteiger charge is -2.22. The minimum atomic E-state index is 0.709. The fourth-order valence-corrected chi connectivity index (χ4v) is 2.12. The third-order valence-corrected chi connectivity index (χ3v) is 3.04. The van der Waals surface area contributed by atoms with E-state index in [0.29, 0.717) is 5.92 Å². The largest absolute Gasteiger partial charge is 0.492 e. The second-order valence-electron chi connectivity index (χ2n) is 4.59.